The van der Waals surface area contributed by atoms with E-state index in [-0.39, 0.29) is 11.6 Å². The van der Waals surface area contributed by atoms with Crippen LogP contribution in [-0.4, -0.2) is 16.1 Å². The Bertz CT molecular complexity index is 1090. The number of ketones is 2. The van der Waals surface area contributed by atoms with Crippen molar-refractivity contribution in [3.05, 3.63) is 50.2 Å². The third-order valence-electron chi connectivity index (χ3n) is 6.54. The highest BCUT2D eigenvalue weighted by atomic mass is 16.1. The van der Waals surface area contributed by atoms with Gasteiger partial charge in [0.15, 0.2) is 11.6 Å². The maximum atomic E-state index is 13.2. The molecule has 0 bridgehead atoms. The fourth-order valence-electron chi connectivity index (χ4n) is 4.23. The molecule has 1 aromatic heterocycles. The van der Waals surface area contributed by atoms with Gasteiger partial charge in [0, 0.05) is 46.0 Å². The van der Waals surface area contributed by atoms with Crippen LogP contribution < -0.4 is 0 Å². The molecule has 0 amide bonds. The molecule has 0 N–H and O–H groups in total. The van der Waals surface area contributed by atoms with E-state index in [0.717, 1.165) is 22.2 Å². The first-order chi connectivity index (χ1) is 12.0. The molecule has 1 heterocycles. The lowest BCUT2D eigenvalue weighted by molar-refractivity contribution is -0.115. The summed E-state index contributed by atoms with van der Waals surface area (Å²) >= 11 is 0. The molecule has 3 heteroatoms. The number of aromatic nitrogens is 1. The highest BCUT2D eigenvalue weighted by molar-refractivity contribution is 6.40. The minimum absolute atomic E-state index is 0.0216. The largest absolute Gasteiger partial charge is 0.347 e. The van der Waals surface area contributed by atoms with E-state index >= 15 is 0 Å². The average Bonchev–Trinajstić information content (AvgIpc) is 2.87. The Morgan fingerprint density at radius 3 is 1.69 bits per heavy atom. The van der Waals surface area contributed by atoms with Crippen LogP contribution in [0.2, 0.25) is 0 Å². The van der Waals surface area contributed by atoms with Crippen LogP contribution in [0.4, 0.5) is 0 Å². The van der Waals surface area contributed by atoms with Gasteiger partial charge < -0.3 is 4.57 Å². The fraction of sp³-hybridized carbons (Fsp3) is 0.391. The van der Waals surface area contributed by atoms with Gasteiger partial charge in [-0.3, -0.25) is 9.59 Å². The summed E-state index contributed by atoms with van der Waals surface area (Å²) in [5.74, 6) is -0.0443. The lowest BCUT2D eigenvalue weighted by Gasteiger charge is -2.20. The number of carbonyl (C=O) groups is 2. The van der Waals surface area contributed by atoms with E-state index in [1.54, 1.807) is 20.8 Å². The molecule has 0 saturated heterocycles. The van der Waals surface area contributed by atoms with Crippen molar-refractivity contribution in [3.8, 4) is 0 Å². The molecule has 136 valence electrons. The molecule has 3 rings (SSSR count). The molecule has 1 aliphatic rings. The normalized spacial score (nSPS) is 15.7. The Kier molecular flexibility index (Phi) is 4.10. The van der Waals surface area contributed by atoms with Gasteiger partial charge in [-0.2, -0.15) is 0 Å². The monoisotopic (exact) mass is 349 g/mol. The number of allylic oxidation sites excluding steroid dienone is 4. The zero-order valence-electron chi connectivity index (χ0n) is 17.3. The summed E-state index contributed by atoms with van der Waals surface area (Å²) in [4.78, 5) is 25.9. The quantitative estimate of drug-likeness (QED) is 0.681. The van der Waals surface area contributed by atoms with Gasteiger partial charge >= 0.3 is 0 Å². The predicted octanol–water partition coefficient (Wildman–Crippen LogP) is 4.98. The van der Waals surface area contributed by atoms with Crippen LogP contribution in [0.5, 0.6) is 0 Å². The van der Waals surface area contributed by atoms with E-state index < -0.39 is 0 Å². The van der Waals surface area contributed by atoms with E-state index in [9.17, 15) is 9.59 Å². The van der Waals surface area contributed by atoms with Gasteiger partial charge in [-0.15, -0.1) is 0 Å². The van der Waals surface area contributed by atoms with Crippen molar-refractivity contribution >= 4 is 28.0 Å². The topological polar surface area (TPSA) is 39.1 Å². The first-order valence-electron chi connectivity index (χ1n) is 9.05. The summed E-state index contributed by atoms with van der Waals surface area (Å²) in [6, 6.07) is 0. The van der Waals surface area contributed by atoms with Crippen LogP contribution in [0, 0.1) is 34.6 Å². The van der Waals surface area contributed by atoms with Crippen LogP contribution >= 0.6 is 0 Å². The second-order valence-electron chi connectivity index (χ2n) is 7.65. The summed E-state index contributed by atoms with van der Waals surface area (Å²) < 4.78 is 2.16. The van der Waals surface area contributed by atoms with Crippen LogP contribution in [0.3, 0.4) is 0 Å². The minimum atomic E-state index is -0.0227. The molecule has 2 aromatic rings. The Hall–Kier alpha value is -2.42. The molecule has 3 nitrogen and oxygen atoms in total. The van der Waals surface area contributed by atoms with Crippen LogP contribution in [0.15, 0.2) is 16.7 Å². The van der Waals surface area contributed by atoms with Gasteiger partial charge in [0.05, 0.1) is 5.52 Å². The van der Waals surface area contributed by atoms with E-state index in [1.165, 1.54) is 22.3 Å². The molecular formula is C23H27NO2. The zero-order chi connectivity index (χ0) is 19.7. The number of hydrogen-bond donors (Lipinski definition) is 0. The third kappa shape index (κ3) is 2.13. The SMILES string of the molecule is CC1=C(C)C(=O)C(c2c(C)n(C)c3c(C)c(C)c(C)c(C)c23)=C(C)C1=O. The van der Waals surface area contributed by atoms with Crippen molar-refractivity contribution in [2.45, 2.75) is 55.4 Å². The van der Waals surface area contributed by atoms with Crippen LogP contribution in [0.25, 0.3) is 16.5 Å². The van der Waals surface area contributed by atoms with Crippen LogP contribution in [-0.2, 0) is 16.6 Å². The average molecular weight is 349 g/mol. The van der Waals surface area contributed by atoms with E-state index in [2.05, 4.69) is 32.3 Å². The minimum Gasteiger partial charge on any atom is -0.347 e. The van der Waals surface area contributed by atoms with E-state index in [1.807, 2.05) is 14.0 Å². The number of benzene rings is 1. The summed E-state index contributed by atoms with van der Waals surface area (Å²) in [6.45, 7) is 15.9. The van der Waals surface area contributed by atoms with E-state index in [4.69, 9.17) is 0 Å². The summed E-state index contributed by atoms with van der Waals surface area (Å²) in [5.41, 5.74) is 10.3. The van der Waals surface area contributed by atoms with Crippen molar-refractivity contribution in [2.24, 2.45) is 7.05 Å². The van der Waals surface area contributed by atoms with Gasteiger partial charge in [0.2, 0.25) is 0 Å². The second-order valence-corrected chi connectivity index (χ2v) is 7.65. The molecular weight excluding hydrogens is 322 g/mol. The van der Waals surface area contributed by atoms with Crippen molar-refractivity contribution in [2.75, 3.05) is 0 Å². The fourth-order valence-corrected chi connectivity index (χ4v) is 4.23. The summed E-state index contributed by atoms with van der Waals surface area (Å²) in [6.07, 6.45) is 0. The van der Waals surface area contributed by atoms with Crippen LogP contribution in [0.1, 0.15) is 54.3 Å². The van der Waals surface area contributed by atoms with Crippen molar-refractivity contribution in [1.82, 2.24) is 4.57 Å². The Labute approximate surface area is 155 Å². The Morgan fingerprint density at radius 1 is 0.615 bits per heavy atom. The second kappa shape index (κ2) is 5.80. The summed E-state index contributed by atoms with van der Waals surface area (Å²) in [7, 11) is 2.04. The molecule has 0 radical (unpaired) electrons. The predicted molar refractivity (Wildman–Crippen MR) is 108 cm³/mol. The van der Waals surface area contributed by atoms with Crippen molar-refractivity contribution in [3.63, 3.8) is 0 Å². The van der Waals surface area contributed by atoms with Gasteiger partial charge in [0.1, 0.15) is 0 Å². The number of fused-ring (bicyclic) bond motifs is 1. The number of hydrogen-bond acceptors (Lipinski definition) is 2. The lowest BCUT2D eigenvalue weighted by atomic mass is 9.81. The van der Waals surface area contributed by atoms with Crippen molar-refractivity contribution in [1.29, 1.82) is 0 Å². The molecule has 0 aliphatic heterocycles. The molecule has 1 aliphatic carbocycles. The number of Topliss-reactive ketones (excluding diaryl/α,β-unsaturated/α-hetero) is 2. The summed E-state index contributed by atoms with van der Waals surface area (Å²) in [5, 5.41) is 1.11. The Morgan fingerprint density at radius 2 is 1.12 bits per heavy atom. The van der Waals surface area contributed by atoms with Crippen molar-refractivity contribution < 1.29 is 9.59 Å². The van der Waals surface area contributed by atoms with Gasteiger partial charge in [-0.1, -0.05) is 0 Å². The third-order valence-corrected chi connectivity index (χ3v) is 6.54. The molecule has 0 fully saturated rings. The number of carbonyl (C=O) groups excluding carboxylic acids is 2. The maximum absolute atomic E-state index is 13.2. The number of nitrogens with zero attached hydrogens (tertiary/aromatic N) is 1. The highest BCUT2D eigenvalue weighted by Crippen LogP contribution is 2.41. The first kappa shape index (κ1) is 18.4. The molecule has 0 spiro atoms. The maximum Gasteiger partial charge on any atom is 0.190 e. The zero-order valence-corrected chi connectivity index (χ0v) is 17.3. The number of aryl methyl sites for hydroxylation is 3. The van der Waals surface area contributed by atoms with Gasteiger partial charge in [-0.05, 0) is 77.6 Å². The molecule has 0 atom stereocenters. The standard InChI is InChI=1S/C23H27NO2/c1-10-11(2)13(4)21-18(12(10)3)20(17(8)24(21)9)19-16(7)22(25)14(5)15(6)23(19)26/h1-9H3. The van der Waals surface area contributed by atoms with Gasteiger partial charge in [-0.25, -0.2) is 0 Å². The van der Waals surface area contributed by atoms with Gasteiger partial charge in [0.25, 0.3) is 0 Å². The molecule has 26 heavy (non-hydrogen) atoms. The molecule has 0 unspecified atom stereocenters. The van der Waals surface area contributed by atoms with E-state index in [0.29, 0.717) is 22.3 Å². The smallest absolute Gasteiger partial charge is 0.190 e. The highest BCUT2D eigenvalue weighted by Gasteiger charge is 2.32. The molecule has 1 aromatic carbocycles. The lowest BCUT2D eigenvalue weighted by Crippen LogP contribution is -2.20. The molecule has 0 saturated carbocycles. The first-order valence-corrected chi connectivity index (χ1v) is 9.05. The number of rotatable bonds is 1. The Balaban J connectivity index is 2.54.